The van der Waals surface area contributed by atoms with Gasteiger partial charge in [-0.3, -0.25) is 0 Å². The minimum Gasteiger partial charge on any atom is -0.481 e. The summed E-state index contributed by atoms with van der Waals surface area (Å²) in [6.45, 7) is 4.02. The third-order valence-corrected chi connectivity index (χ3v) is 5.21. The summed E-state index contributed by atoms with van der Waals surface area (Å²) >= 11 is 0. The van der Waals surface area contributed by atoms with Crippen molar-refractivity contribution in [2.75, 3.05) is 12.9 Å². The van der Waals surface area contributed by atoms with Crippen LogP contribution in [0.5, 0.6) is 5.75 Å². The van der Waals surface area contributed by atoms with Crippen molar-refractivity contribution in [2.45, 2.75) is 43.6 Å². The van der Waals surface area contributed by atoms with Crippen LogP contribution in [0, 0.1) is 0 Å². The molecule has 2 aromatic carbocycles. The van der Waals surface area contributed by atoms with Gasteiger partial charge < -0.3 is 9.47 Å². The predicted octanol–water partition coefficient (Wildman–Crippen LogP) is 5.52. The van der Waals surface area contributed by atoms with Gasteiger partial charge in [0, 0.05) is 11.8 Å². The number of esters is 1. The van der Waals surface area contributed by atoms with Crippen LogP contribution in [0.2, 0.25) is 0 Å². The van der Waals surface area contributed by atoms with Crippen molar-refractivity contribution >= 4 is 15.8 Å². The first-order valence-corrected chi connectivity index (χ1v) is 11.2. The number of alkyl halides is 6. The van der Waals surface area contributed by atoms with E-state index in [-0.39, 0.29) is 17.9 Å². The van der Waals surface area contributed by atoms with E-state index in [0.29, 0.717) is 6.26 Å². The number of rotatable bonds is 5. The van der Waals surface area contributed by atoms with Gasteiger partial charge in [0.15, 0.2) is 16.4 Å². The minimum atomic E-state index is -5.26. The van der Waals surface area contributed by atoms with Gasteiger partial charge in [-0.05, 0) is 44.5 Å². The molecule has 0 unspecified atom stereocenters. The van der Waals surface area contributed by atoms with Crippen molar-refractivity contribution in [3.63, 3.8) is 0 Å². The topological polar surface area (TPSA) is 69.7 Å². The molecule has 0 atom stereocenters. The maximum Gasteiger partial charge on any atom is 0.417 e. The molecule has 33 heavy (non-hydrogen) atoms. The molecule has 0 aliphatic carbocycles. The number of sulfone groups is 1. The largest absolute Gasteiger partial charge is 0.481 e. The number of halogens is 6. The quantitative estimate of drug-likeness (QED) is 0.401. The molecule has 12 heteroatoms. The molecule has 2 rings (SSSR count). The molecule has 0 N–H and O–H groups in total. The van der Waals surface area contributed by atoms with Crippen LogP contribution >= 0.6 is 0 Å². The first kappa shape index (κ1) is 26.5. The highest BCUT2D eigenvalue weighted by Crippen LogP contribution is 2.45. The highest BCUT2D eigenvalue weighted by Gasteiger charge is 2.42. The summed E-state index contributed by atoms with van der Waals surface area (Å²) in [6.07, 6.45) is -10.1. The smallest absolute Gasteiger partial charge is 0.417 e. The molecule has 0 fully saturated rings. The summed E-state index contributed by atoms with van der Waals surface area (Å²) in [7, 11) is -4.66. The summed E-state index contributed by atoms with van der Waals surface area (Å²) in [5.74, 6) is -1.18. The Hall–Kier alpha value is -2.76. The molecule has 0 amide bonds. The lowest BCUT2D eigenvalue weighted by Crippen LogP contribution is -2.27. The van der Waals surface area contributed by atoms with Gasteiger partial charge in [0.05, 0.1) is 16.0 Å². The molecule has 0 aromatic heterocycles. The van der Waals surface area contributed by atoms with Crippen LogP contribution in [0.4, 0.5) is 26.3 Å². The second kappa shape index (κ2) is 8.88. The Bertz CT molecular complexity index is 1150. The summed E-state index contributed by atoms with van der Waals surface area (Å²) in [5.41, 5.74) is -5.60. The normalized spacial score (nSPS) is 13.0. The van der Waals surface area contributed by atoms with Gasteiger partial charge in [-0.15, -0.1) is 0 Å². The SMILES string of the molecule is CC(C)(C)OC(=O)COc1ccccc1-c1cc(C(F)(F)F)c(S(C)(=O)=O)cc1C(F)(F)F. The molecular weight excluding hydrogens is 478 g/mol. The second-order valence-corrected chi connectivity index (χ2v) is 10.0. The molecule has 0 radical (unpaired) electrons. The Kier molecular flexibility index (Phi) is 7.13. The number of benzene rings is 2. The van der Waals surface area contributed by atoms with Gasteiger partial charge in [-0.2, -0.15) is 26.3 Å². The van der Waals surface area contributed by atoms with Gasteiger partial charge in [0.1, 0.15) is 11.4 Å². The van der Waals surface area contributed by atoms with Gasteiger partial charge in [0.2, 0.25) is 0 Å². The third kappa shape index (κ3) is 6.86. The zero-order chi connectivity index (χ0) is 25.4. The molecule has 0 heterocycles. The van der Waals surface area contributed by atoms with Crippen molar-refractivity contribution < 1.29 is 49.0 Å². The van der Waals surface area contributed by atoms with Crippen LogP contribution in [-0.4, -0.2) is 32.9 Å². The monoisotopic (exact) mass is 498 g/mol. The van der Waals surface area contributed by atoms with E-state index in [1.54, 1.807) is 20.8 Å². The summed E-state index contributed by atoms with van der Waals surface area (Å²) in [5, 5.41) is 0. The van der Waals surface area contributed by atoms with Crippen LogP contribution in [0.3, 0.4) is 0 Å². The van der Waals surface area contributed by atoms with Crippen molar-refractivity contribution in [1.82, 2.24) is 0 Å². The Morgan fingerprint density at radius 2 is 1.42 bits per heavy atom. The standard InChI is InChI=1S/C21H20F6O5S/c1-19(2,3)32-18(28)11-31-16-8-6-5-7-12(16)13-9-15(21(25,26)27)17(33(4,29)30)10-14(13)20(22,23)24/h5-10H,11H2,1-4H3. The Labute approximate surface area is 186 Å². The van der Waals surface area contributed by atoms with Gasteiger partial charge in [-0.1, -0.05) is 18.2 Å². The number of carbonyl (C=O) groups excluding carboxylic acids is 1. The van der Waals surface area contributed by atoms with E-state index in [9.17, 15) is 39.6 Å². The molecule has 0 aliphatic rings. The minimum absolute atomic E-state index is 0.0435. The van der Waals surface area contributed by atoms with Crippen molar-refractivity contribution in [1.29, 1.82) is 0 Å². The van der Waals surface area contributed by atoms with Crippen molar-refractivity contribution in [2.24, 2.45) is 0 Å². The van der Waals surface area contributed by atoms with E-state index in [1.807, 2.05) is 0 Å². The van der Waals surface area contributed by atoms with Crippen LogP contribution in [0.1, 0.15) is 31.9 Å². The number of carbonyl (C=O) groups is 1. The Balaban J connectivity index is 2.71. The fourth-order valence-electron chi connectivity index (χ4n) is 2.89. The van der Waals surface area contributed by atoms with Gasteiger partial charge in [0.25, 0.3) is 0 Å². The van der Waals surface area contributed by atoms with E-state index in [0.717, 1.165) is 12.1 Å². The second-order valence-electron chi connectivity index (χ2n) is 8.03. The molecule has 0 spiro atoms. The number of para-hydroxylation sites is 1. The van der Waals surface area contributed by atoms with Gasteiger partial charge >= 0.3 is 18.3 Å². The number of hydrogen-bond donors (Lipinski definition) is 0. The highest BCUT2D eigenvalue weighted by molar-refractivity contribution is 7.90. The summed E-state index contributed by atoms with van der Waals surface area (Å²) in [4.78, 5) is 10.4. The first-order valence-electron chi connectivity index (χ1n) is 9.27. The highest BCUT2D eigenvalue weighted by atomic mass is 32.2. The molecule has 182 valence electrons. The summed E-state index contributed by atoms with van der Waals surface area (Å²) < 4.78 is 116. The zero-order valence-electron chi connectivity index (χ0n) is 17.9. The fourth-order valence-corrected chi connectivity index (χ4v) is 3.79. The number of ether oxygens (including phenoxy) is 2. The van der Waals surface area contributed by atoms with Crippen LogP contribution in [0.15, 0.2) is 41.3 Å². The average Bonchev–Trinajstić information content (AvgIpc) is 2.62. The molecule has 0 bridgehead atoms. The van der Waals surface area contributed by atoms with E-state index in [2.05, 4.69) is 0 Å². The van der Waals surface area contributed by atoms with Crippen LogP contribution < -0.4 is 4.74 Å². The third-order valence-electron chi connectivity index (χ3n) is 4.07. The summed E-state index contributed by atoms with van der Waals surface area (Å²) in [6, 6.07) is 4.91. The molecular formula is C21H20F6O5S. The average molecular weight is 498 g/mol. The van der Waals surface area contributed by atoms with E-state index in [4.69, 9.17) is 9.47 Å². The van der Waals surface area contributed by atoms with E-state index in [1.165, 1.54) is 12.1 Å². The number of hydrogen-bond acceptors (Lipinski definition) is 5. The van der Waals surface area contributed by atoms with E-state index < -0.39 is 67.5 Å². The molecule has 0 aliphatic heterocycles. The lowest BCUT2D eigenvalue weighted by molar-refractivity contribution is -0.157. The zero-order valence-corrected chi connectivity index (χ0v) is 18.7. The Morgan fingerprint density at radius 3 is 1.91 bits per heavy atom. The lowest BCUT2D eigenvalue weighted by atomic mass is 9.95. The van der Waals surface area contributed by atoms with Gasteiger partial charge in [-0.25, -0.2) is 13.2 Å². The van der Waals surface area contributed by atoms with Crippen LogP contribution in [0.25, 0.3) is 11.1 Å². The van der Waals surface area contributed by atoms with Crippen LogP contribution in [-0.2, 0) is 31.7 Å². The van der Waals surface area contributed by atoms with Crippen molar-refractivity contribution in [3.05, 3.63) is 47.5 Å². The predicted molar refractivity (Wildman–Crippen MR) is 106 cm³/mol. The van der Waals surface area contributed by atoms with Crippen molar-refractivity contribution in [3.8, 4) is 16.9 Å². The first-order chi connectivity index (χ1) is 14.8. The maximum atomic E-state index is 13.8. The molecule has 2 aromatic rings. The van der Waals surface area contributed by atoms with E-state index >= 15 is 0 Å². The molecule has 0 saturated carbocycles. The Morgan fingerprint density at radius 1 is 0.879 bits per heavy atom. The molecule has 0 saturated heterocycles. The lowest BCUT2D eigenvalue weighted by Gasteiger charge is -2.21. The maximum absolute atomic E-state index is 13.8. The molecule has 5 nitrogen and oxygen atoms in total. The fraction of sp³-hybridized carbons (Fsp3) is 0.381.